The molecular weight excluding hydrogens is 591 g/mol. The topological polar surface area (TPSA) is 38.5 Å². The Morgan fingerprint density at radius 1 is 0.444 bits per heavy atom. The molecule has 0 amide bonds. The summed E-state index contributed by atoms with van der Waals surface area (Å²) in [5.74, 6) is 0. The van der Waals surface area contributed by atoms with Gasteiger partial charge in [0.25, 0.3) is 0 Å². The molecule has 0 spiro atoms. The number of aromatic nitrogens is 1. The Balaban J connectivity index is 1.07. The van der Waals surface area contributed by atoms with E-state index >= 15 is 0 Å². The maximum Gasteiger partial charge on any atom is 0.206 e. The summed E-state index contributed by atoms with van der Waals surface area (Å²) in [6, 6.07) is 48.3. The average Bonchev–Trinajstić information content (AvgIpc) is 3.79. The van der Waals surface area contributed by atoms with E-state index in [0.29, 0.717) is 0 Å². The van der Waals surface area contributed by atoms with Crippen LogP contribution in [0.15, 0.2) is 161 Å². The van der Waals surface area contributed by atoms with Crippen LogP contribution in [0.3, 0.4) is 0 Å². The molecule has 6 aromatic carbocycles. The van der Waals surface area contributed by atoms with Crippen LogP contribution in [0.1, 0.15) is 0 Å². The van der Waals surface area contributed by atoms with Crippen LogP contribution in [0.2, 0.25) is 0 Å². The third-order valence-electron chi connectivity index (χ3n) is 8.87. The molecule has 0 fully saturated rings. The molecule has 0 saturated carbocycles. The highest BCUT2D eigenvalue weighted by Crippen LogP contribution is 2.43. The number of nitrogens with zero attached hydrogens (tertiary/aromatic N) is 1. The number of sulfone groups is 1. The van der Waals surface area contributed by atoms with Crippen molar-refractivity contribution in [2.75, 3.05) is 0 Å². The van der Waals surface area contributed by atoms with Gasteiger partial charge in [0, 0.05) is 21.5 Å². The Bertz CT molecular complexity index is 2630. The molecule has 3 heterocycles. The van der Waals surface area contributed by atoms with Crippen molar-refractivity contribution in [3.63, 3.8) is 0 Å². The molecule has 0 aliphatic heterocycles. The molecule has 0 bridgehead atoms. The van der Waals surface area contributed by atoms with Crippen molar-refractivity contribution >= 4 is 58.6 Å². The number of hydrogen-bond acceptors (Lipinski definition) is 3. The maximum atomic E-state index is 13.5. The highest BCUT2D eigenvalue weighted by molar-refractivity contribution is 7.91. The Morgan fingerprint density at radius 3 is 1.71 bits per heavy atom. The molecule has 0 radical (unpaired) electrons. The fourth-order valence-corrected chi connectivity index (χ4v) is 8.85. The predicted molar refractivity (Wildman–Crippen MR) is 187 cm³/mol. The van der Waals surface area contributed by atoms with Gasteiger partial charge in [0.15, 0.2) is 0 Å². The van der Waals surface area contributed by atoms with E-state index in [1.54, 1.807) is 35.6 Å². The van der Waals surface area contributed by atoms with Crippen LogP contribution >= 0.6 is 11.3 Å². The van der Waals surface area contributed by atoms with Gasteiger partial charge in [-0.25, -0.2) is 8.42 Å². The average molecular weight is 616 g/mol. The summed E-state index contributed by atoms with van der Waals surface area (Å²) in [4.78, 5) is 1.85. The highest BCUT2D eigenvalue weighted by Gasteiger charge is 2.20. The molecule has 0 unspecified atom stereocenters. The normalized spacial score (nSPS) is 12.2. The fraction of sp³-hybridized carbons (Fsp3) is 0. The molecule has 0 N–H and O–H groups in total. The summed E-state index contributed by atoms with van der Waals surface area (Å²) in [5.41, 5.74) is 8.86. The summed E-state index contributed by atoms with van der Waals surface area (Å²) in [6.07, 6.45) is 0. The number of hydrogen-bond donors (Lipinski definition) is 0. The largest absolute Gasteiger partial charge is 0.300 e. The minimum atomic E-state index is -3.64. The third kappa shape index (κ3) is 4.05. The number of benzene rings is 6. The van der Waals surface area contributed by atoms with Crippen LogP contribution in [0.25, 0.3) is 70.8 Å². The molecule has 0 atom stereocenters. The minimum absolute atomic E-state index is 0.284. The Kier molecular flexibility index (Phi) is 5.76. The van der Waals surface area contributed by atoms with E-state index in [0.717, 1.165) is 27.8 Å². The zero-order valence-corrected chi connectivity index (χ0v) is 25.6. The van der Waals surface area contributed by atoms with E-state index in [1.165, 1.54) is 43.0 Å². The van der Waals surface area contributed by atoms with Gasteiger partial charge in [-0.1, -0.05) is 91.0 Å². The lowest BCUT2D eigenvalue weighted by molar-refractivity contribution is 0.596. The molecule has 9 aromatic rings. The Labute approximate surface area is 264 Å². The van der Waals surface area contributed by atoms with Gasteiger partial charge in [-0.2, -0.15) is 0 Å². The quantitative estimate of drug-likeness (QED) is 0.193. The van der Waals surface area contributed by atoms with Crippen LogP contribution in [-0.2, 0) is 9.84 Å². The first kappa shape index (κ1) is 26.2. The smallest absolute Gasteiger partial charge is 0.206 e. The first-order valence-electron chi connectivity index (χ1n) is 14.8. The molecule has 9 rings (SSSR count). The second-order valence-corrected chi connectivity index (χ2v) is 14.3. The molecular formula is C40H25NO2S2. The molecule has 0 aliphatic rings. The number of rotatable bonds is 5. The summed E-state index contributed by atoms with van der Waals surface area (Å²) in [7, 11) is -3.64. The van der Waals surface area contributed by atoms with Crippen molar-refractivity contribution < 1.29 is 8.42 Å². The summed E-state index contributed by atoms with van der Waals surface area (Å²) < 4.78 is 29.4. The highest BCUT2D eigenvalue weighted by atomic mass is 32.2. The van der Waals surface area contributed by atoms with Gasteiger partial charge in [-0.3, -0.25) is 4.40 Å². The van der Waals surface area contributed by atoms with Crippen LogP contribution in [0.4, 0.5) is 0 Å². The van der Waals surface area contributed by atoms with Gasteiger partial charge in [0.05, 0.1) is 20.8 Å². The zero-order valence-electron chi connectivity index (χ0n) is 24.0. The lowest BCUT2D eigenvalue weighted by Crippen LogP contribution is -2.01. The standard InChI is InChI=1S/C40H25NO2S2/c42-45(43,32-17-13-27(14-18-32)26-7-2-1-3-8-26)33-19-15-28(16-20-33)29-9-6-10-30(23-29)31-24-36-34-11-4-5-12-38(34)41-39(36)37(25-31)35-21-22-44-40(35)41/h1-25H. The van der Waals surface area contributed by atoms with E-state index in [2.05, 4.69) is 76.5 Å². The van der Waals surface area contributed by atoms with Gasteiger partial charge in [0.1, 0.15) is 4.83 Å². The molecule has 45 heavy (non-hydrogen) atoms. The molecule has 3 nitrogen and oxygen atoms in total. The van der Waals surface area contributed by atoms with Crippen LogP contribution in [0.5, 0.6) is 0 Å². The lowest BCUT2D eigenvalue weighted by Gasteiger charge is -2.10. The summed E-state index contributed by atoms with van der Waals surface area (Å²) in [5, 5.41) is 7.25. The van der Waals surface area contributed by atoms with Gasteiger partial charge in [-0.15, -0.1) is 11.3 Å². The van der Waals surface area contributed by atoms with Crippen molar-refractivity contribution in [2.45, 2.75) is 9.79 Å². The van der Waals surface area contributed by atoms with Gasteiger partial charge in [-0.05, 0) is 93.4 Å². The number of para-hydroxylation sites is 1. The van der Waals surface area contributed by atoms with Crippen molar-refractivity contribution in [3.8, 4) is 33.4 Å². The van der Waals surface area contributed by atoms with Gasteiger partial charge in [0.2, 0.25) is 9.84 Å². The Morgan fingerprint density at radius 2 is 1.00 bits per heavy atom. The van der Waals surface area contributed by atoms with E-state index in [-0.39, 0.29) is 9.79 Å². The molecule has 3 aromatic heterocycles. The first-order chi connectivity index (χ1) is 22.1. The van der Waals surface area contributed by atoms with Crippen molar-refractivity contribution in [3.05, 3.63) is 151 Å². The van der Waals surface area contributed by atoms with E-state index in [9.17, 15) is 8.42 Å². The monoisotopic (exact) mass is 615 g/mol. The van der Waals surface area contributed by atoms with Crippen molar-refractivity contribution in [1.29, 1.82) is 0 Å². The number of fused-ring (bicyclic) bond motifs is 6. The third-order valence-corrected chi connectivity index (χ3v) is 11.6. The van der Waals surface area contributed by atoms with Gasteiger partial charge >= 0.3 is 0 Å². The Hall–Kier alpha value is -5.23. The van der Waals surface area contributed by atoms with E-state index < -0.39 is 9.84 Å². The fourth-order valence-electron chi connectivity index (χ4n) is 6.66. The molecule has 0 saturated heterocycles. The SMILES string of the molecule is O=S(=O)(c1ccc(-c2ccccc2)cc1)c1ccc(-c2cccc(-c3cc4c5ccccc5n5c6sccc6c(c3)c45)c2)cc1. The van der Waals surface area contributed by atoms with Gasteiger partial charge < -0.3 is 0 Å². The molecule has 5 heteroatoms. The van der Waals surface area contributed by atoms with Crippen LogP contribution < -0.4 is 0 Å². The van der Waals surface area contributed by atoms with Crippen LogP contribution in [0, 0.1) is 0 Å². The summed E-state index contributed by atoms with van der Waals surface area (Å²) >= 11 is 1.78. The second kappa shape index (κ2) is 9.89. The van der Waals surface area contributed by atoms with Crippen molar-refractivity contribution in [1.82, 2.24) is 4.40 Å². The molecule has 214 valence electrons. The molecule has 0 aliphatic carbocycles. The predicted octanol–water partition coefficient (Wildman–Crippen LogP) is 10.7. The maximum absolute atomic E-state index is 13.5. The lowest BCUT2D eigenvalue weighted by atomic mass is 9.96. The minimum Gasteiger partial charge on any atom is -0.300 e. The summed E-state index contributed by atoms with van der Waals surface area (Å²) in [6.45, 7) is 0. The first-order valence-corrected chi connectivity index (χ1v) is 17.2. The van der Waals surface area contributed by atoms with Crippen molar-refractivity contribution in [2.24, 2.45) is 0 Å². The zero-order chi connectivity index (χ0) is 30.1. The van der Waals surface area contributed by atoms with E-state index in [4.69, 9.17) is 0 Å². The second-order valence-electron chi connectivity index (χ2n) is 11.4. The van der Waals surface area contributed by atoms with Crippen LogP contribution in [-0.4, -0.2) is 12.8 Å². The van der Waals surface area contributed by atoms with E-state index in [1.807, 2.05) is 54.6 Å². The number of thiophene rings is 1.